The van der Waals surface area contributed by atoms with E-state index in [1.165, 1.54) is 23.5 Å². The maximum atomic E-state index is 12.9. The van der Waals surface area contributed by atoms with E-state index in [0.29, 0.717) is 31.9 Å². The van der Waals surface area contributed by atoms with Gasteiger partial charge in [-0.3, -0.25) is 4.90 Å². The zero-order valence-electron chi connectivity index (χ0n) is 14.8. The van der Waals surface area contributed by atoms with Gasteiger partial charge in [-0.25, -0.2) is 8.42 Å². The molecular formula is C17H22ClN3O4S. The second-order valence-electron chi connectivity index (χ2n) is 6.26. The number of hydrogen-bond donors (Lipinski definition) is 0. The first-order valence-corrected chi connectivity index (χ1v) is 10.2. The Morgan fingerprint density at radius 2 is 2.04 bits per heavy atom. The Morgan fingerprint density at radius 3 is 2.69 bits per heavy atom. The highest BCUT2D eigenvalue weighted by Crippen LogP contribution is 2.28. The van der Waals surface area contributed by atoms with Gasteiger partial charge in [0, 0.05) is 32.2 Å². The lowest BCUT2D eigenvalue weighted by Crippen LogP contribution is -2.35. The zero-order valence-corrected chi connectivity index (χ0v) is 16.4. The van der Waals surface area contributed by atoms with Crippen molar-refractivity contribution in [2.45, 2.75) is 24.8 Å². The van der Waals surface area contributed by atoms with Crippen molar-refractivity contribution in [3.05, 3.63) is 40.7 Å². The van der Waals surface area contributed by atoms with Gasteiger partial charge in [0.1, 0.15) is 11.5 Å². The van der Waals surface area contributed by atoms with Crippen LogP contribution >= 0.6 is 11.6 Å². The summed E-state index contributed by atoms with van der Waals surface area (Å²) < 4.78 is 37.6. The third-order valence-electron chi connectivity index (χ3n) is 4.37. The molecular weight excluding hydrogens is 378 g/mol. The molecule has 0 spiro atoms. The highest BCUT2D eigenvalue weighted by Gasteiger charge is 2.27. The first-order chi connectivity index (χ1) is 12.4. The highest BCUT2D eigenvalue weighted by atomic mass is 35.5. The Kier molecular flexibility index (Phi) is 5.86. The minimum absolute atomic E-state index is 0.184. The van der Waals surface area contributed by atoms with Crippen molar-refractivity contribution in [1.29, 1.82) is 0 Å². The number of aromatic nitrogens is 1. The van der Waals surface area contributed by atoms with Gasteiger partial charge in [-0.05, 0) is 38.1 Å². The fourth-order valence-corrected chi connectivity index (χ4v) is 4.84. The van der Waals surface area contributed by atoms with E-state index in [4.69, 9.17) is 20.9 Å². The molecule has 0 N–H and O–H groups in total. The number of nitrogens with zero attached hydrogens (tertiary/aromatic N) is 3. The topological polar surface area (TPSA) is 75.9 Å². The fourth-order valence-electron chi connectivity index (χ4n) is 3.02. The summed E-state index contributed by atoms with van der Waals surface area (Å²) in [6.45, 7) is 4.84. The summed E-state index contributed by atoms with van der Waals surface area (Å²) in [5.74, 6) is 1.23. The van der Waals surface area contributed by atoms with E-state index in [1.807, 2.05) is 13.0 Å². The van der Waals surface area contributed by atoms with Gasteiger partial charge in [0.25, 0.3) is 0 Å². The molecule has 0 saturated carbocycles. The van der Waals surface area contributed by atoms with E-state index in [0.717, 1.165) is 24.4 Å². The van der Waals surface area contributed by atoms with Crippen molar-refractivity contribution >= 4 is 21.6 Å². The molecule has 1 aromatic heterocycles. The summed E-state index contributed by atoms with van der Waals surface area (Å²) in [5, 5.41) is 4.29. The maximum absolute atomic E-state index is 12.9. The van der Waals surface area contributed by atoms with Crippen LogP contribution in [-0.4, -0.2) is 56.1 Å². The lowest BCUT2D eigenvalue weighted by Gasteiger charge is -2.21. The van der Waals surface area contributed by atoms with Crippen LogP contribution in [0, 0.1) is 6.92 Å². The molecule has 2 aromatic rings. The van der Waals surface area contributed by atoms with Crippen LogP contribution in [0.3, 0.4) is 0 Å². The molecule has 1 saturated heterocycles. The molecule has 1 aromatic carbocycles. The fraction of sp³-hybridized carbons (Fsp3) is 0.471. The summed E-state index contributed by atoms with van der Waals surface area (Å²) in [6.07, 6.45) is 0.750. The van der Waals surface area contributed by atoms with Gasteiger partial charge in [-0.1, -0.05) is 16.8 Å². The SMILES string of the molecule is COc1ccc(S(=O)(=O)N2CCCN(Cc3cc(C)on3)CC2)cc1Cl. The van der Waals surface area contributed by atoms with Crippen LogP contribution in [0.4, 0.5) is 0 Å². The number of halogens is 1. The quantitative estimate of drug-likeness (QED) is 0.769. The highest BCUT2D eigenvalue weighted by molar-refractivity contribution is 7.89. The molecule has 0 radical (unpaired) electrons. The van der Waals surface area contributed by atoms with Crippen LogP contribution in [-0.2, 0) is 16.6 Å². The van der Waals surface area contributed by atoms with E-state index in [1.54, 1.807) is 6.07 Å². The molecule has 7 nitrogen and oxygen atoms in total. The van der Waals surface area contributed by atoms with Gasteiger partial charge in [0.15, 0.2) is 0 Å². The summed E-state index contributed by atoms with van der Waals surface area (Å²) in [5.41, 5.74) is 0.862. The second-order valence-corrected chi connectivity index (χ2v) is 8.60. The monoisotopic (exact) mass is 399 g/mol. The van der Waals surface area contributed by atoms with Crippen LogP contribution in [0.15, 0.2) is 33.7 Å². The molecule has 0 unspecified atom stereocenters. The molecule has 3 rings (SSSR count). The molecule has 9 heteroatoms. The summed E-state index contributed by atoms with van der Waals surface area (Å²) in [4.78, 5) is 2.37. The Hall–Kier alpha value is -1.61. The third kappa shape index (κ3) is 4.20. The number of sulfonamides is 1. The van der Waals surface area contributed by atoms with E-state index in [2.05, 4.69) is 10.1 Å². The predicted octanol–water partition coefficient (Wildman–Crippen LogP) is 2.54. The minimum Gasteiger partial charge on any atom is -0.495 e. The molecule has 26 heavy (non-hydrogen) atoms. The normalized spacial score (nSPS) is 17.2. The average Bonchev–Trinajstić information content (AvgIpc) is 2.87. The Morgan fingerprint density at radius 1 is 1.23 bits per heavy atom. The molecule has 1 fully saturated rings. The van der Waals surface area contributed by atoms with Crippen LogP contribution in [0.25, 0.3) is 0 Å². The van der Waals surface area contributed by atoms with Crippen LogP contribution < -0.4 is 4.74 Å². The molecule has 0 atom stereocenters. The molecule has 1 aliphatic heterocycles. The smallest absolute Gasteiger partial charge is 0.243 e. The lowest BCUT2D eigenvalue weighted by atomic mass is 10.3. The number of ether oxygens (including phenoxy) is 1. The largest absolute Gasteiger partial charge is 0.495 e. The number of methoxy groups -OCH3 is 1. The van der Waals surface area contributed by atoms with Crippen molar-refractivity contribution in [3.63, 3.8) is 0 Å². The number of benzene rings is 1. The molecule has 0 amide bonds. The molecule has 1 aliphatic rings. The summed E-state index contributed by atoms with van der Waals surface area (Å²) in [6, 6.07) is 6.45. The third-order valence-corrected chi connectivity index (χ3v) is 6.56. The van der Waals surface area contributed by atoms with Crippen LogP contribution in [0.5, 0.6) is 5.75 Å². The Balaban J connectivity index is 1.70. The van der Waals surface area contributed by atoms with E-state index in [9.17, 15) is 8.42 Å². The Labute approximate surface area is 158 Å². The number of aryl methyl sites for hydroxylation is 1. The standard InChI is InChI=1S/C17H22ClN3O4S/c1-13-10-14(19-25-13)12-20-6-3-7-21(9-8-20)26(22,23)15-4-5-17(24-2)16(18)11-15/h4-5,10-11H,3,6-9,12H2,1-2H3. The van der Waals surface area contributed by atoms with E-state index < -0.39 is 10.0 Å². The maximum Gasteiger partial charge on any atom is 0.243 e. The van der Waals surface area contributed by atoms with Crippen molar-refractivity contribution in [2.24, 2.45) is 0 Å². The average molecular weight is 400 g/mol. The summed E-state index contributed by atoms with van der Waals surface area (Å²) in [7, 11) is -2.10. The van der Waals surface area contributed by atoms with E-state index in [-0.39, 0.29) is 9.92 Å². The van der Waals surface area contributed by atoms with Crippen molar-refractivity contribution in [1.82, 2.24) is 14.4 Å². The van der Waals surface area contributed by atoms with Gasteiger partial charge in [0.05, 0.1) is 22.7 Å². The van der Waals surface area contributed by atoms with Crippen molar-refractivity contribution in [3.8, 4) is 5.75 Å². The second kappa shape index (κ2) is 7.96. The summed E-state index contributed by atoms with van der Waals surface area (Å²) >= 11 is 6.09. The van der Waals surface area contributed by atoms with Crippen molar-refractivity contribution < 1.29 is 17.7 Å². The molecule has 0 bridgehead atoms. The zero-order chi connectivity index (χ0) is 18.7. The Bertz CT molecular complexity index is 869. The van der Waals surface area contributed by atoms with Gasteiger partial charge in [-0.15, -0.1) is 0 Å². The molecule has 142 valence electrons. The van der Waals surface area contributed by atoms with Crippen molar-refractivity contribution in [2.75, 3.05) is 33.3 Å². The predicted molar refractivity (Wildman–Crippen MR) is 97.9 cm³/mol. The number of rotatable bonds is 5. The van der Waals surface area contributed by atoms with E-state index >= 15 is 0 Å². The van der Waals surface area contributed by atoms with Crippen LogP contribution in [0.2, 0.25) is 5.02 Å². The number of hydrogen-bond acceptors (Lipinski definition) is 6. The lowest BCUT2D eigenvalue weighted by molar-refractivity contribution is 0.268. The first kappa shape index (κ1) is 19.2. The molecule has 0 aliphatic carbocycles. The minimum atomic E-state index is -3.59. The van der Waals surface area contributed by atoms with Gasteiger partial charge in [-0.2, -0.15) is 4.31 Å². The van der Waals surface area contributed by atoms with Gasteiger partial charge >= 0.3 is 0 Å². The molecule has 2 heterocycles. The van der Waals surface area contributed by atoms with Crippen LogP contribution in [0.1, 0.15) is 17.9 Å². The first-order valence-electron chi connectivity index (χ1n) is 8.38. The van der Waals surface area contributed by atoms with Gasteiger partial charge < -0.3 is 9.26 Å². The van der Waals surface area contributed by atoms with Gasteiger partial charge in [0.2, 0.25) is 10.0 Å².